The quantitative estimate of drug-likeness (QED) is 0.753. The van der Waals surface area contributed by atoms with Gasteiger partial charge in [-0.3, -0.25) is 19.4 Å². The van der Waals surface area contributed by atoms with Crippen LogP contribution in [0.25, 0.3) is 0 Å². The van der Waals surface area contributed by atoms with Crippen LogP contribution in [0.4, 0.5) is 4.39 Å². The Balaban J connectivity index is 1.23. The minimum Gasteiger partial charge on any atom is -0.339 e. The molecule has 3 fully saturated rings. The van der Waals surface area contributed by atoms with Crippen LogP contribution in [0.15, 0.2) is 18.2 Å². The monoisotopic (exact) mass is 416 g/mol. The zero-order valence-corrected chi connectivity index (χ0v) is 18.0. The largest absolute Gasteiger partial charge is 0.339 e. The molecule has 2 saturated heterocycles. The molecule has 0 unspecified atom stereocenters. The van der Waals surface area contributed by atoms with Crippen LogP contribution < -0.4 is 0 Å². The third-order valence-corrected chi connectivity index (χ3v) is 6.96. The Hall–Kier alpha value is -1.99. The first-order valence-electron chi connectivity index (χ1n) is 11.3. The summed E-state index contributed by atoms with van der Waals surface area (Å²) in [5, 5.41) is 0. The normalized spacial score (nSPS) is 21.9. The highest BCUT2D eigenvalue weighted by atomic mass is 19.1. The number of amides is 2. The number of carbonyl (C=O) groups excluding carboxylic acids is 2. The van der Waals surface area contributed by atoms with Gasteiger partial charge in [0.05, 0.1) is 12.1 Å². The second-order valence-corrected chi connectivity index (χ2v) is 8.86. The molecule has 1 saturated carbocycles. The Bertz CT molecular complexity index is 744. The minimum atomic E-state index is -0.464. The maximum absolute atomic E-state index is 14.1. The number of carbonyl (C=O) groups is 2. The van der Waals surface area contributed by atoms with Crippen LogP contribution in [0.5, 0.6) is 0 Å². The molecule has 4 rings (SSSR count). The van der Waals surface area contributed by atoms with Gasteiger partial charge in [-0.2, -0.15) is 0 Å². The molecule has 2 aliphatic heterocycles. The third-order valence-electron chi connectivity index (χ3n) is 6.96. The summed E-state index contributed by atoms with van der Waals surface area (Å²) < 4.78 is 14.1. The summed E-state index contributed by atoms with van der Waals surface area (Å²) in [5.41, 5.74) is 0.830. The first-order chi connectivity index (χ1) is 14.5. The van der Waals surface area contributed by atoms with E-state index in [1.54, 1.807) is 24.0 Å². The number of hydrogen-bond acceptors (Lipinski definition) is 4. The summed E-state index contributed by atoms with van der Waals surface area (Å²) in [5.74, 6) is -0.528. The molecule has 0 bridgehead atoms. The van der Waals surface area contributed by atoms with Gasteiger partial charge in [-0.25, -0.2) is 4.39 Å². The van der Waals surface area contributed by atoms with Crippen molar-refractivity contribution in [3.8, 4) is 0 Å². The molecule has 2 amide bonds. The molecule has 1 aromatic carbocycles. The number of hydrogen-bond donors (Lipinski definition) is 0. The average Bonchev–Trinajstić information content (AvgIpc) is 3.29. The summed E-state index contributed by atoms with van der Waals surface area (Å²) in [6, 6.07) is 5.45. The smallest absolute Gasteiger partial charge is 0.257 e. The van der Waals surface area contributed by atoms with E-state index < -0.39 is 5.82 Å². The van der Waals surface area contributed by atoms with Crippen molar-refractivity contribution in [1.29, 1.82) is 0 Å². The molecular formula is C23H33FN4O2. The first-order valence-corrected chi connectivity index (χ1v) is 11.3. The summed E-state index contributed by atoms with van der Waals surface area (Å²) in [6.07, 6.45) is 5.30. The van der Waals surface area contributed by atoms with Crippen LogP contribution in [0.1, 0.15) is 41.6 Å². The number of rotatable bonds is 4. The van der Waals surface area contributed by atoms with Crippen LogP contribution in [0, 0.1) is 12.7 Å². The number of nitrogens with zero attached hydrogens (tertiary/aromatic N) is 4. The van der Waals surface area contributed by atoms with Crippen molar-refractivity contribution in [2.75, 3.05) is 58.9 Å². The molecule has 2 heterocycles. The van der Waals surface area contributed by atoms with Crippen molar-refractivity contribution in [3.63, 3.8) is 0 Å². The lowest BCUT2D eigenvalue weighted by Gasteiger charge is -2.39. The third kappa shape index (κ3) is 4.67. The van der Waals surface area contributed by atoms with E-state index in [9.17, 15) is 14.0 Å². The number of piperazine rings is 2. The van der Waals surface area contributed by atoms with Crippen LogP contribution in [0.2, 0.25) is 0 Å². The van der Waals surface area contributed by atoms with E-state index >= 15 is 0 Å². The van der Waals surface area contributed by atoms with Gasteiger partial charge >= 0.3 is 0 Å². The van der Waals surface area contributed by atoms with Crippen molar-refractivity contribution in [3.05, 3.63) is 35.1 Å². The van der Waals surface area contributed by atoms with Gasteiger partial charge in [-0.1, -0.05) is 25.0 Å². The highest BCUT2D eigenvalue weighted by molar-refractivity contribution is 5.96. The number of halogens is 1. The highest BCUT2D eigenvalue weighted by Crippen LogP contribution is 2.24. The maximum Gasteiger partial charge on any atom is 0.257 e. The molecular weight excluding hydrogens is 383 g/mol. The molecule has 3 aliphatic rings. The molecule has 0 radical (unpaired) electrons. The standard InChI is InChI=1S/C23H33FN4O2/c1-18-5-4-8-20(24)22(18)23(30)28-11-9-25(10-12-28)17-21(29)27-15-13-26(14-16-27)19-6-2-3-7-19/h4-5,8,19H,2-3,6-7,9-17H2,1H3. The van der Waals surface area contributed by atoms with Crippen molar-refractivity contribution >= 4 is 11.8 Å². The lowest BCUT2D eigenvalue weighted by atomic mass is 10.1. The van der Waals surface area contributed by atoms with Crippen LogP contribution in [-0.4, -0.2) is 96.4 Å². The van der Waals surface area contributed by atoms with E-state index in [1.807, 2.05) is 4.90 Å². The molecule has 30 heavy (non-hydrogen) atoms. The second-order valence-electron chi connectivity index (χ2n) is 8.86. The van der Waals surface area contributed by atoms with Crippen molar-refractivity contribution < 1.29 is 14.0 Å². The molecule has 0 spiro atoms. The Morgan fingerprint density at radius 3 is 2.20 bits per heavy atom. The lowest BCUT2D eigenvalue weighted by molar-refractivity contribution is -0.134. The summed E-state index contributed by atoms with van der Waals surface area (Å²) >= 11 is 0. The van der Waals surface area contributed by atoms with Crippen molar-refractivity contribution in [1.82, 2.24) is 19.6 Å². The fraction of sp³-hybridized carbons (Fsp3) is 0.652. The molecule has 1 aliphatic carbocycles. The molecule has 0 atom stereocenters. The number of aryl methyl sites for hydroxylation is 1. The fourth-order valence-corrected chi connectivity index (χ4v) is 5.07. The molecule has 164 valence electrons. The molecule has 0 N–H and O–H groups in total. The van der Waals surface area contributed by atoms with Gasteiger partial charge in [0.1, 0.15) is 5.82 Å². The van der Waals surface area contributed by atoms with Gasteiger partial charge in [0, 0.05) is 58.4 Å². The number of benzene rings is 1. The lowest BCUT2D eigenvalue weighted by Crippen LogP contribution is -2.55. The van der Waals surface area contributed by atoms with Gasteiger partial charge in [-0.15, -0.1) is 0 Å². The van der Waals surface area contributed by atoms with E-state index in [-0.39, 0.29) is 17.4 Å². The predicted molar refractivity (Wildman–Crippen MR) is 114 cm³/mol. The van der Waals surface area contributed by atoms with Crippen LogP contribution in [0.3, 0.4) is 0 Å². The Morgan fingerprint density at radius 1 is 0.933 bits per heavy atom. The summed E-state index contributed by atoms with van der Waals surface area (Å²) in [7, 11) is 0. The summed E-state index contributed by atoms with van der Waals surface area (Å²) in [6.45, 7) is 8.12. The molecule has 7 heteroatoms. The van der Waals surface area contributed by atoms with Crippen LogP contribution in [-0.2, 0) is 4.79 Å². The minimum absolute atomic E-state index is 0.169. The molecule has 6 nitrogen and oxygen atoms in total. The Morgan fingerprint density at radius 2 is 1.57 bits per heavy atom. The topological polar surface area (TPSA) is 47.1 Å². The fourth-order valence-electron chi connectivity index (χ4n) is 5.07. The second kappa shape index (κ2) is 9.43. The predicted octanol–water partition coefficient (Wildman–Crippen LogP) is 1.98. The van der Waals surface area contributed by atoms with Crippen molar-refractivity contribution in [2.24, 2.45) is 0 Å². The molecule has 0 aromatic heterocycles. The van der Waals surface area contributed by atoms with Gasteiger partial charge in [-0.05, 0) is 31.4 Å². The van der Waals surface area contributed by atoms with E-state index in [4.69, 9.17) is 0 Å². The first kappa shape index (κ1) is 21.2. The van der Waals surface area contributed by atoms with Crippen molar-refractivity contribution in [2.45, 2.75) is 38.6 Å². The van der Waals surface area contributed by atoms with Gasteiger partial charge < -0.3 is 9.80 Å². The van der Waals surface area contributed by atoms with Gasteiger partial charge in [0.15, 0.2) is 0 Å². The Kier molecular flexibility index (Phi) is 6.68. The highest BCUT2D eigenvalue weighted by Gasteiger charge is 2.30. The summed E-state index contributed by atoms with van der Waals surface area (Å²) in [4.78, 5) is 33.9. The van der Waals surface area contributed by atoms with Crippen LogP contribution >= 0.6 is 0 Å². The van der Waals surface area contributed by atoms with E-state index in [2.05, 4.69) is 9.80 Å². The molecule has 1 aromatic rings. The SMILES string of the molecule is Cc1cccc(F)c1C(=O)N1CCN(CC(=O)N2CCN(C3CCCC3)CC2)CC1. The average molecular weight is 417 g/mol. The maximum atomic E-state index is 14.1. The van der Waals surface area contributed by atoms with Gasteiger partial charge in [0.2, 0.25) is 5.91 Å². The zero-order chi connectivity index (χ0) is 21.1. The van der Waals surface area contributed by atoms with E-state index in [0.29, 0.717) is 38.3 Å². The Labute approximate surface area is 178 Å². The zero-order valence-electron chi connectivity index (χ0n) is 18.0. The van der Waals surface area contributed by atoms with Gasteiger partial charge in [0.25, 0.3) is 5.91 Å². The van der Waals surface area contributed by atoms with E-state index in [1.165, 1.54) is 31.7 Å². The van der Waals surface area contributed by atoms with E-state index in [0.717, 1.165) is 32.2 Å².